The molecule has 0 fully saturated rings. The molecule has 0 heterocycles. The summed E-state index contributed by atoms with van der Waals surface area (Å²) in [5.74, 6) is -1.24. The number of aliphatic carboxylic acids is 1. The van der Waals surface area contributed by atoms with Gasteiger partial charge in [-0.25, -0.2) is 9.59 Å². The molecule has 0 saturated carbocycles. The van der Waals surface area contributed by atoms with E-state index >= 15 is 0 Å². The van der Waals surface area contributed by atoms with Crippen molar-refractivity contribution in [2.75, 3.05) is 0 Å². The van der Waals surface area contributed by atoms with Gasteiger partial charge in [-0.05, 0) is 33.6 Å². The predicted octanol–water partition coefficient (Wildman–Crippen LogP) is 3.33. The number of rotatable bonds is 5. The molecule has 0 aliphatic heterocycles. The number of carbonyl (C=O) groups is 2. The van der Waals surface area contributed by atoms with Gasteiger partial charge in [-0.1, -0.05) is 26.5 Å². The van der Waals surface area contributed by atoms with Crippen molar-refractivity contribution < 1.29 is 19.4 Å². The largest absolute Gasteiger partial charge is 0.478 e. The van der Waals surface area contributed by atoms with Gasteiger partial charge in [-0.2, -0.15) is 0 Å². The Morgan fingerprint density at radius 2 is 1.78 bits per heavy atom. The number of carbonyl (C=O) groups excluding carboxylic acids is 1. The quantitative estimate of drug-likeness (QED) is 0.605. The lowest BCUT2D eigenvalue weighted by molar-refractivity contribution is -0.150. The van der Waals surface area contributed by atoms with Crippen LogP contribution in [0.3, 0.4) is 0 Å². The highest BCUT2D eigenvalue weighted by atomic mass is 16.6. The molecule has 0 unspecified atom stereocenters. The molecule has 4 heteroatoms. The van der Waals surface area contributed by atoms with E-state index in [0.29, 0.717) is 5.57 Å². The fraction of sp³-hybridized carbons (Fsp3) is 0.571. The van der Waals surface area contributed by atoms with E-state index in [1.165, 1.54) is 0 Å². The summed E-state index contributed by atoms with van der Waals surface area (Å²) in [6.07, 6.45) is 3.64. The minimum Gasteiger partial charge on any atom is -0.478 e. The fourth-order valence-corrected chi connectivity index (χ4v) is 0.842. The normalized spacial score (nSPS) is 9.78. The summed E-state index contributed by atoms with van der Waals surface area (Å²) in [7, 11) is 0. The molecule has 0 aliphatic rings. The first-order chi connectivity index (χ1) is 8.14. The average Bonchev–Trinajstić information content (AvgIpc) is 2.24. The molecule has 0 aromatic rings. The summed E-state index contributed by atoms with van der Waals surface area (Å²) in [4.78, 5) is 20.6. The van der Waals surface area contributed by atoms with Crippen LogP contribution in [0.5, 0.6) is 0 Å². The third-order valence-electron chi connectivity index (χ3n) is 1.69. The standard InChI is InChI=1S/C11H20O2.C3H4O2/c1-6-7-8-9(2)10(12)13-11(3,4)5;1-2-3(4)5/h2,6-8H2,1,3-5H3;2H,1H2,(H,4,5). The van der Waals surface area contributed by atoms with Crippen molar-refractivity contribution in [3.8, 4) is 0 Å². The van der Waals surface area contributed by atoms with Crippen LogP contribution in [-0.4, -0.2) is 22.6 Å². The lowest BCUT2D eigenvalue weighted by atomic mass is 10.1. The molecule has 104 valence electrons. The van der Waals surface area contributed by atoms with Crippen LogP contribution in [0.1, 0.15) is 47.0 Å². The van der Waals surface area contributed by atoms with Crippen molar-refractivity contribution in [1.82, 2.24) is 0 Å². The van der Waals surface area contributed by atoms with Gasteiger partial charge < -0.3 is 9.84 Å². The van der Waals surface area contributed by atoms with E-state index in [0.717, 1.165) is 25.3 Å². The third-order valence-corrected chi connectivity index (χ3v) is 1.69. The minimum atomic E-state index is -0.981. The topological polar surface area (TPSA) is 63.6 Å². The second-order valence-corrected chi connectivity index (χ2v) is 4.75. The van der Waals surface area contributed by atoms with Gasteiger partial charge in [0.1, 0.15) is 5.60 Å². The van der Waals surface area contributed by atoms with Gasteiger partial charge in [-0.3, -0.25) is 0 Å². The van der Waals surface area contributed by atoms with Crippen LogP contribution in [-0.2, 0) is 14.3 Å². The molecule has 0 spiro atoms. The Hall–Kier alpha value is -1.58. The number of esters is 1. The van der Waals surface area contributed by atoms with Crippen molar-refractivity contribution in [3.05, 3.63) is 24.8 Å². The molecule has 0 aliphatic carbocycles. The molecular weight excluding hydrogens is 232 g/mol. The highest BCUT2D eigenvalue weighted by Crippen LogP contribution is 2.13. The highest BCUT2D eigenvalue weighted by Gasteiger charge is 2.17. The first-order valence-corrected chi connectivity index (χ1v) is 5.90. The Kier molecular flexibility index (Phi) is 9.86. The zero-order valence-corrected chi connectivity index (χ0v) is 11.8. The monoisotopic (exact) mass is 256 g/mol. The van der Waals surface area contributed by atoms with Gasteiger partial charge >= 0.3 is 11.9 Å². The van der Waals surface area contributed by atoms with Gasteiger partial charge in [0.2, 0.25) is 0 Å². The maximum absolute atomic E-state index is 11.3. The zero-order valence-electron chi connectivity index (χ0n) is 11.8. The lowest BCUT2D eigenvalue weighted by Gasteiger charge is -2.20. The van der Waals surface area contributed by atoms with Crippen LogP contribution >= 0.6 is 0 Å². The Morgan fingerprint density at radius 3 is 2.06 bits per heavy atom. The number of hydrogen-bond donors (Lipinski definition) is 1. The third kappa shape index (κ3) is 14.4. The van der Waals surface area contributed by atoms with Crippen LogP contribution in [0.25, 0.3) is 0 Å². The summed E-state index contributed by atoms with van der Waals surface area (Å²) in [6, 6.07) is 0. The van der Waals surface area contributed by atoms with E-state index in [4.69, 9.17) is 9.84 Å². The molecule has 0 aromatic heterocycles. The SMILES string of the molecule is C=C(CCCC)C(=O)OC(C)(C)C.C=CC(=O)O. The lowest BCUT2D eigenvalue weighted by Crippen LogP contribution is -2.24. The van der Waals surface area contributed by atoms with Gasteiger partial charge in [0.15, 0.2) is 0 Å². The number of hydrogen-bond acceptors (Lipinski definition) is 3. The van der Waals surface area contributed by atoms with Gasteiger partial charge in [0, 0.05) is 11.6 Å². The Balaban J connectivity index is 0. The Labute approximate surface area is 109 Å². The van der Waals surface area contributed by atoms with Crippen molar-refractivity contribution >= 4 is 11.9 Å². The smallest absolute Gasteiger partial charge is 0.333 e. The first-order valence-electron chi connectivity index (χ1n) is 5.90. The molecule has 0 aromatic carbocycles. The van der Waals surface area contributed by atoms with Crippen molar-refractivity contribution in [2.24, 2.45) is 0 Å². The van der Waals surface area contributed by atoms with E-state index in [1.54, 1.807) is 0 Å². The summed E-state index contributed by atoms with van der Waals surface area (Å²) in [6.45, 7) is 14.3. The molecular formula is C14H24O4. The van der Waals surface area contributed by atoms with Crippen molar-refractivity contribution in [2.45, 2.75) is 52.6 Å². The van der Waals surface area contributed by atoms with Gasteiger partial charge in [0.05, 0.1) is 0 Å². The molecule has 0 atom stereocenters. The number of ether oxygens (including phenoxy) is 1. The van der Waals surface area contributed by atoms with Crippen LogP contribution in [0, 0.1) is 0 Å². The average molecular weight is 256 g/mol. The van der Waals surface area contributed by atoms with E-state index in [1.807, 2.05) is 20.8 Å². The summed E-state index contributed by atoms with van der Waals surface area (Å²) in [5, 5.41) is 7.60. The maximum Gasteiger partial charge on any atom is 0.333 e. The van der Waals surface area contributed by atoms with Crippen molar-refractivity contribution in [1.29, 1.82) is 0 Å². The number of carboxylic acid groups (broad SMARTS) is 1. The minimum absolute atomic E-state index is 0.263. The molecule has 0 radical (unpaired) electrons. The Morgan fingerprint density at radius 1 is 1.33 bits per heavy atom. The van der Waals surface area contributed by atoms with Gasteiger partial charge in [-0.15, -0.1) is 0 Å². The Bertz CT molecular complexity index is 297. The predicted molar refractivity (Wildman–Crippen MR) is 72.3 cm³/mol. The first kappa shape index (κ1) is 18.8. The van der Waals surface area contributed by atoms with Crippen LogP contribution in [0.2, 0.25) is 0 Å². The fourth-order valence-electron chi connectivity index (χ4n) is 0.842. The molecule has 0 amide bonds. The van der Waals surface area contributed by atoms with Crippen LogP contribution < -0.4 is 0 Å². The second kappa shape index (κ2) is 9.45. The summed E-state index contributed by atoms with van der Waals surface area (Å²) < 4.78 is 5.16. The van der Waals surface area contributed by atoms with Crippen molar-refractivity contribution in [3.63, 3.8) is 0 Å². The molecule has 0 bridgehead atoms. The van der Waals surface area contributed by atoms with E-state index < -0.39 is 11.6 Å². The number of unbranched alkanes of at least 4 members (excludes halogenated alkanes) is 1. The summed E-state index contributed by atoms with van der Waals surface area (Å²) in [5.41, 5.74) is 0.170. The second-order valence-electron chi connectivity index (χ2n) is 4.75. The molecule has 18 heavy (non-hydrogen) atoms. The maximum atomic E-state index is 11.3. The molecule has 0 rings (SSSR count). The van der Waals surface area contributed by atoms with Crippen LogP contribution in [0.4, 0.5) is 0 Å². The zero-order chi connectivity index (χ0) is 14.8. The molecule has 0 saturated heterocycles. The van der Waals surface area contributed by atoms with Crippen LogP contribution in [0.15, 0.2) is 24.8 Å². The molecule has 4 nitrogen and oxygen atoms in total. The van der Waals surface area contributed by atoms with E-state index in [-0.39, 0.29) is 5.97 Å². The molecule has 1 N–H and O–H groups in total. The number of carboxylic acids is 1. The highest BCUT2D eigenvalue weighted by molar-refractivity contribution is 5.87. The summed E-state index contributed by atoms with van der Waals surface area (Å²) >= 11 is 0. The van der Waals surface area contributed by atoms with E-state index in [9.17, 15) is 9.59 Å². The van der Waals surface area contributed by atoms with E-state index in [2.05, 4.69) is 20.1 Å². The van der Waals surface area contributed by atoms with Gasteiger partial charge in [0.25, 0.3) is 0 Å².